The second kappa shape index (κ2) is 6.68. The molecular weight excluding hydrogens is 340 g/mol. The average molecular weight is 366 g/mol. The molecule has 3 aliphatic rings. The Hall–Kier alpha value is -2.34. The maximum atomic E-state index is 12.4. The largest absolute Gasteiger partial charge is 0.378 e. The van der Waals surface area contributed by atoms with Crippen LogP contribution in [0.15, 0.2) is 41.2 Å². The Morgan fingerprint density at radius 1 is 1.22 bits per heavy atom. The molecule has 1 aliphatic carbocycles. The Balaban J connectivity index is 1.44. The normalized spacial score (nSPS) is 29.7. The van der Waals surface area contributed by atoms with Crippen LogP contribution >= 0.6 is 0 Å². The molecule has 0 amide bonds. The number of benzene rings is 1. The maximum absolute atomic E-state index is 12.4. The molecule has 4 atom stereocenters. The van der Waals surface area contributed by atoms with Crippen LogP contribution in [0.2, 0.25) is 0 Å². The van der Waals surface area contributed by atoms with Crippen molar-refractivity contribution in [1.82, 2.24) is 9.97 Å². The van der Waals surface area contributed by atoms with Gasteiger partial charge in [0.05, 0.1) is 13.2 Å². The van der Waals surface area contributed by atoms with E-state index in [1.807, 2.05) is 0 Å². The molecule has 1 aromatic heterocycles. The Morgan fingerprint density at radius 2 is 2.00 bits per heavy atom. The number of nitrogens with zero attached hydrogens (tertiary/aromatic N) is 3. The summed E-state index contributed by atoms with van der Waals surface area (Å²) in [4.78, 5) is 24.7. The van der Waals surface area contributed by atoms with Gasteiger partial charge in [0.25, 0.3) is 5.56 Å². The number of ether oxygens (including phenoxy) is 1. The van der Waals surface area contributed by atoms with Gasteiger partial charge in [-0.2, -0.15) is 4.98 Å². The first kappa shape index (κ1) is 16.8. The van der Waals surface area contributed by atoms with Crippen molar-refractivity contribution >= 4 is 11.8 Å². The summed E-state index contributed by atoms with van der Waals surface area (Å²) in [6.07, 6.45) is 0.998. The number of nitrogens with one attached hydrogen (secondary N) is 1. The molecule has 6 heteroatoms. The molecule has 3 heterocycles. The van der Waals surface area contributed by atoms with Gasteiger partial charge >= 0.3 is 0 Å². The van der Waals surface area contributed by atoms with E-state index in [0.29, 0.717) is 25.2 Å². The van der Waals surface area contributed by atoms with Gasteiger partial charge in [0.2, 0.25) is 5.95 Å². The summed E-state index contributed by atoms with van der Waals surface area (Å²) in [5, 5.41) is 0. The molecule has 6 nitrogen and oxygen atoms in total. The summed E-state index contributed by atoms with van der Waals surface area (Å²) >= 11 is 0. The molecule has 1 aromatic carbocycles. The second-order valence-corrected chi connectivity index (χ2v) is 8.04. The third-order valence-electron chi connectivity index (χ3n) is 6.50. The maximum Gasteiger partial charge on any atom is 0.254 e. The Labute approximate surface area is 159 Å². The van der Waals surface area contributed by atoms with E-state index in [2.05, 4.69) is 52.0 Å². The van der Waals surface area contributed by atoms with E-state index in [1.165, 1.54) is 5.56 Å². The van der Waals surface area contributed by atoms with Gasteiger partial charge in [-0.15, -0.1) is 0 Å². The van der Waals surface area contributed by atoms with Crippen LogP contribution in [0.4, 0.5) is 11.8 Å². The van der Waals surface area contributed by atoms with E-state index in [1.54, 1.807) is 6.07 Å². The van der Waals surface area contributed by atoms with E-state index in [9.17, 15) is 4.79 Å². The minimum atomic E-state index is -0.0754. The van der Waals surface area contributed by atoms with Crippen molar-refractivity contribution in [2.24, 2.45) is 17.8 Å². The smallest absolute Gasteiger partial charge is 0.254 e. The van der Waals surface area contributed by atoms with Crippen LogP contribution in [0.1, 0.15) is 12.5 Å². The first-order valence-electron chi connectivity index (χ1n) is 9.95. The molecular formula is C21H26N4O2. The highest BCUT2D eigenvalue weighted by Gasteiger charge is 2.59. The zero-order valence-corrected chi connectivity index (χ0v) is 15.7. The fourth-order valence-corrected chi connectivity index (χ4v) is 4.94. The standard InChI is InChI=1S/C21H26N4O2/c1-14-16-13-25(17(20(14)16)11-15-5-3-2-4-6-15)21-22-18(12-19(26)23-21)24-7-9-27-10-8-24/h2-6,12,14,16-17,20H,7-11,13H2,1H3,(H,22,23,26)/t14-,16+,17-,20?/m1/s1. The Bertz CT molecular complexity index is 862. The van der Waals surface area contributed by atoms with Crippen molar-refractivity contribution in [2.45, 2.75) is 19.4 Å². The van der Waals surface area contributed by atoms with Gasteiger partial charge in [-0.25, -0.2) is 0 Å². The lowest BCUT2D eigenvalue weighted by Gasteiger charge is -2.31. The minimum absolute atomic E-state index is 0.0754. The molecule has 5 rings (SSSR count). The molecule has 1 unspecified atom stereocenters. The first-order chi connectivity index (χ1) is 13.2. The number of H-pyrrole nitrogens is 1. The van der Waals surface area contributed by atoms with Crippen LogP contribution in [0.3, 0.4) is 0 Å². The number of hydrogen-bond donors (Lipinski definition) is 1. The molecule has 0 spiro atoms. The van der Waals surface area contributed by atoms with Crippen molar-refractivity contribution in [3.63, 3.8) is 0 Å². The highest BCUT2D eigenvalue weighted by Crippen LogP contribution is 2.56. The third kappa shape index (κ3) is 3.12. The van der Waals surface area contributed by atoms with E-state index in [-0.39, 0.29) is 5.56 Å². The SMILES string of the molecule is C[C@H]1C2[C@H]1CN(c1nc(N3CCOCC3)cc(=O)[nH]1)[C@@H]2Cc1ccccc1. The zero-order valence-electron chi connectivity index (χ0n) is 15.7. The van der Waals surface area contributed by atoms with Crippen molar-refractivity contribution in [3.8, 4) is 0 Å². The fraction of sp³-hybridized carbons (Fsp3) is 0.524. The van der Waals surface area contributed by atoms with Gasteiger partial charge in [-0.05, 0) is 29.7 Å². The van der Waals surface area contributed by atoms with Crippen molar-refractivity contribution in [3.05, 3.63) is 52.3 Å². The number of piperidine rings is 1. The number of anilines is 2. The molecule has 2 aromatic rings. The summed E-state index contributed by atoms with van der Waals surface area (Å²) in [5.41, 5.74) is 1.27. The van der Waals surface area contributed by atoms with Crippen LogP contribution in [-0.4, -0.2) is 48.9 Å². The molecule has 0 radical (unpaired) electrons. The summed E-state index contributed by atoms with van der Waals surface area (Å²) in [5.74, 6) is 3.68. The van der Waals surface area contributed by atoms with Crippen LogP contribution < -0.4 is 15.4 Å². The lowest BCUT2D eigenvalue weighted by molar-refractivity contribution is 0.122. The number of rotatable bonds is 4. The monoisotopic (exact) mass is 366 g/mol. The summed E-state index contributed by atoms with van der Waals surface area (Å²) in [6, 6.07) is 12.7. The highest BCUT2D eigenvalue weighted by molar-refractivity contribution is 5.47. The van der Waals surface area contributed by atoms with Gasteiger partial charge in [0.1, 0.15) is 5.82 Å². The molecule has 27 heavy (non-hydrogen) atoms. The van der Waals surface area contributed by atoms with Gasteiger partial charge in [0.15, 0.2) is 0 Å². The summed E-state index contributed by atoms with van der Waals surface area (Å²) < 4.78 is 5.43. The number of fused-ring (bicyclic) bond motifs is 1. The Kier molecular flexibility index (Phi) is 4.16. The van der Waals surface area contributed by atoms with Crippen LogP contribution in [-0.2, 0) is 11.2 Å². The van der Waals surface area contributed by atoms with Gasteiger partial charge in [-0.3, -0.25) is 9.78 Å². The van der Waals surface area contributed by atoms with Crippen molar-refractivity contribution in [1.29, 1.82) is 0 Å². The second-order valence-electron chi connectivity index (χ2n) is 8.04. The Morgan fingerprint density at radius 3 is 2.78 bits per heavy atom. The van der Waals surface area contributed by atoms with Crippen molar-refractivity contribution in [2.75, 3.05) is 42.6 Å². The molecule has 2 aliphatic heterocycles. The molecule has 1 N–H and O–H groups in total. The summed E-state index contributed by atoms with van der Waals surface area (Å²) in [6.45, 7) is 6.28. The molecule has 1 saturated carbocycles. The number of morpholine rings is 1. The lowest BCUT2D eigenvalue weighted by atomic mass is 10.0. The predicted octanol–water partition coefficient (Wildman–Crippen LogP) is 1.92. The van der Waals surface area contributed by atoms with Crippen molar-refractivity contribution < 1.29 is 4.74 Å². The van der Waals surface area contributed by atoms with E-state index in [0.717, 1.165) is 49.7 Å². The number of aromatic nitrogens is 2. The quantitative estimate of drug-likeness (QED) is 0.896. The first-order valence-corrected chi connectivity index (χ1v) is 9.95. The number of hydrogen-bond acceptors (Lipinski definition) is 5. The van der Waals surface area contributed by atoms with Crippen LogP contribution in [0, 0.1) is 17.8 Å². The summed E-state index contributed by atoms with van der Waals surface area (Å²) in [7, 11) is 0. The topological polar surface area (TPSA) is 61.5 Å². The van der Waals surface area contributed by atoms with Gasteiger partial charge in [-0.1, -0.05) is 37.3 Å². The minimum Gasteiger partial charge on any atom is -0.378 e. The van der Waals surface area contributed by atoms with E-state index < -0.39 is 0 Å². The van der Waals surface area contributed by atoms with Crippen LogP contribution in [0.5, 0.6) is 0 Å². The predicted molar refractivity (Wildman–Crippen MR) is 105 cm³/mol. The molecule has 0 bridgehead atoms. The molecule has 3 fully saturated rings. The van der Waals surface area contributed by atoms with E-state index >= 15 is 0 Å². The fourth-order valence-electron chi connectivity index (χ4n) is 4.94. The molecule has 142 valence electrons. The van der Waals surface area contributed by atoms with Crippen LogP contribution in [0.25, 0.3) is 0 Å². The van der Waals surface area contributed by atoms with E-state index in [4.69, 9.17) is 9.72 Å². The molecule has 2 saturated heterocycles. The zero-order chi connectivity index (χ0) is 18.4. The third-order valence-corrected chi connectivity index (χ3v) is 6.50. The average Bonchev–Trinajstić information content (AvgIpc) is 3.16. The van der Waals surface area contributed by atoms with Gasteiger partial charge < -0.3 is 14.5 Å². The van der Waals surface area contributed by atoms with Gasteiger partial charge in [0, 0.05) is 31.7 Å². The number of aromatic amines is 1. The lowest BCUT2D eigenvalue weighted by Crippen LogP contribution is -2.40. The highest BCUT2D eigenvalue weighted by atomic mass is 16.5.